The first-order valence-electron chi connectivity index (χ1n) is 5.84. The minimum atomic E-state index is -0.0672. The van der Waals surface area contributed by atoms with E-state index in [1.807, 2.05) is 0 Å². The Bertz CT molecular complexity index is 527. The number of nitrogens with one attached hydrogen (secondary N) is 2. The summed E-state index contributed by atoms with van der Waals surface area (Å²) in [5, 5.41) is 12.7. The third kappa shape index (κ3) is 2.88. The van der Waals surface area contributed by atoms with Gasteiger partial charge in [-0.3, -0.25) is 0 Å². The molecule has 2 rings (SSSR count). The van der Waals surface area contributed by atoms with Crippen LogP contribution in [0.4, 0.5) is 5.82 Å². The van der Waals surface area contributed by atoms with Crippen LogP contribution in [-0.4, -0.2) is 37.7 Å². The molecule has 0 amide bonds. The van der Waals surface area contributed by atoms with Crippen molar-refractivity contribution in [2.24, 2.45) is 5.92 Å². The number of aliphatic hydroxyl groups is 1. The van der Waals surface area contributed by atoms with Gasteiger partial charge in [0.2, 0.25) is 5.28 Å². The Morgan fingerprint density at radius 1 is 1.44 bits per heavy atom. The molecule has 0 aliphatic carbocycles. The molecule has 1 unspecified atom stereocenters. The molecule has 0 bridgehead atoms. The second kappa shape index (κ2) is 5.49. The Morgan fingerprint density at radius 2 is 2.22 bits per heavy atom. The van der Waals surface area contributed by atoms with E-state index in [1.54, 1.807) is 0 Å². The predicted molar refractivity (Wildman–Crippen MR) is 70.6 cm³/mol. The first-order chi connectivity index (χ1) is 8.60. The zero-order valence-corrected chi connectivity index (χ0v) is 11.1. The average Bonchev–Trinajstić information content (AvgIpc) is 2.75. The van der Waals surface area contributed by atoms with Gasteiger partial charge in [0.25, 0.3) is 0 Å². The van der Waals surface area contributed by atoms with Crippen LogP contribution in [0.15, 0.2) is 6.33 Å². The molecular weight excluding hydrogens is 254 g/mol. The van der Waals surface area contributed by atoms with E-state index in [-0.39, 0.29) is 17.9 Å². The minimum absolute atomic E-state index is 0.0371. The normalized spacial score (nSPS) is 13.2. The highest BCUT2D eigenvalue weighted by Gasteiger charge is 2.14. The molecule has 3 N–H and O–H groups in total. The minimum Gasteiger partial charge on any atom is -0.394 e. The fourth-order valence-corrected chi connectivity index (χ4v) is 2.02. The Hall–Kier alpha value is -1.40. The predicted octanol–water partition coefficient (Wildman–Crippen LogP) is 1.83. The van der Waals surface area contributed by atoms with Gasteiger partial charge in [0.15, 0.2) is 11.5 Å². The van der Waals surface area contributed by atoms with Crippen molar-refractivity contribution in [1.29, 1.82) is 0 Å². The van der Waals surface area contributed by atoms with Crippen LogP contribution in [0.25, 0.3) is 11.2 Å². The van der Waals surface area contributed by atoms with Crippen LogP contribution in [0.5, 0.6) is 0 Å². The van der Waals surface area contributed by atoms with E-state index in [0.29, 0.717) is 22.9 Å². The summed E-state index contributed by atoms with van der Waals surface area (Å²) in [7, 11) is 0. The van der Waals surface area contributed by atoms with E-state index >= 15 is 0 Å². The molecule has 2 aromatic rings. The largest absolute Gasteiger partial charge is 0.394 e. The van der Waals surface area contributed by atoms with Crippen molar-refractivity contribution in [3.05, 3.63) is 11.6 Å². The highest BCUT2D eigenvalue weighted by Crippen LogP contribution is 2.20. The van der Waals surface area contributed by atoms with E-state index in [1.165, 1.54) is 6.33 Å². The lowest BCUT2D eigenvalue weighted by atomic mass is 10.0. The van der Waals surface area contributed by atoms with Crippen molar-refractivity contribution in [1.82, 2.24) is 19.9 Å². The number of hydrogen-bond donors (Lipinski definition) is 3. The van der Waals surface area contributed by atoms with Gasteiger partial charge in [0.1, 0.15) is 5.52 Å². The van der Waals surface area contributed by atoms with Crippen LogP contribution in [0.3, 0.4) is 0 Å². The van der Waals surface area contributed by atoms with Crippen LogP contribution in [0.1, 0.15) is 20.3 Å². The van der Waals surface area contributed by atoms with E-state index in [0.717, 1.165) is 6.42 Å². The van der Waals surface area contributed by atoms with Gasteiger partial charge in [-0.15, -0.1) is 0 Å². The van der Waals surface area contributed by atoms with Crippen LogP contribution in [-0.2, 0) is 0 Å². The maximum atomic E-state index is 9.36. The molecule has 98 valence electrons. The summed E-state index contributed by atoms with van der Waals surface area (Å²) in [6.07, 6.45) is 2.38. The Balaban J connectivity index is 2.26. The third-order valence-corrected chi connectivity index (χ3v) is 2.74. The number of imidazole rings is 1. The second-order valence-corrected chi connectivity index (χ2v) is 4.93. The quantitative estimate of drug-likeness (QED) is 0.721. The molecule has 0 aromatic carbocycles. The summed E-state index contributed by atoms with van der Waals surface area (Å²) in [4.78, 5) is 15.1. The number of aromatic nitrogens is 4. The summed E-state index contributed by atoms with van der Waals surface area (Å²) < 4.78 is 0. The van der Waals surface area contributed by atoms with Crippen molar-refractivity contribution in [3.8, 4) is 0 Å². The Labute approximate surface area is 110 Å². The number of hydrogen-bond acceptors (Lipinski definition) is 5. The average molecular weight is 270 g/mol. The highest BCUT2D eigenvalue weighted by molar-refractivity contribution is 6.28. The van der Waals surface area contributed by atoms with Gasteiger partial charge in [-0.25, -0.2) is 4.98 Å². The molecule has 0 fully saturated rings. The van der Waals surface area contributed by atoms with Crippen LogP contribution in [0, 0.1) is 5.92 Å². The summed E-state index contributed by atoms with van der Waals surface area (Å²) >= 11 is 5.83. The smallest absolute Gasteiger partial charge is 0.226 e. The highest BCUT2D eigenvalue weighted by atomic mass is 35.5. The van der Waals surface area contributed by atoms with Crippen molar-refractivity contribution < 1.29 is 5.11 Å². The maximum absolute atomic E-state index is 9.36. The topological polar surface area (TPSA) is 86.7 Å². The monoisotopic (exact) mass is 269 g/mol. The molecule has 0 saturated carbocycles. The Kier molecular flexibility index (Phi) is 3.98. The van der Waals surface area contributed by atoms with Crippen molar-refractivity contribution in [3.63, 3.8) is 0 Å². The molecule has 1 atom stereocenters. The van der Waals surface area contributed by atoms with Crippen molar-refractivity contribution in [2.45, 2.75) is 26.3 Å². The van der Waals surface area contributed by atoms with Gasteiger partial charge in [-0.2, -0.15) is 9.97 Å². The fraction of sp³-hybridized carbons (Fsp3) is 0.545. The second-order valence-electron chi connectivity index (χ2n) is 4.60. The molecule has 0 spiro atoms. The lowest BCUT2D eigenvalue weighted by Gasteiger charge is -2.18. The van der Waals surface area contributed by atoms with E-state index in [2.05, 4.69) is 39.1 Å². The van der Waals surface area contributed by atoms with Gasteiger partial charge >= 0.3 is 0 Å². The lowest BCUT2D eigenvalue weighted by Crippen LogP contribution is -2.26. The summed E-state index contributed by atoms with van der Waals surface area (Å²) in [5.74, 6) is 1.05. The SMILES string of the molecule is CC(C)CC(CO)Nc1nc(Cl)nc2nc[nH]c12. The summed E-state index contributed by atoms with van der Waals surface area (Å²) in [5.41, 5.74) is 1.21. The lowest BCUT2D eigenvalue weighted by molar-refractivity contribution is 0.259. The summed E-state index contributed by atoms with van der Waals surface area (Å²) in [6, 6.07) is -0.0672. The molecule has 7 heteroatoms. The molecular formula is C11H16ClN5O. The van der Waals surface area contributed by atoms with Gasteiger partial charge < -0.3 is 15.4 Å². The Morgan fingerprint density at radius 3 is 2.89 bits per heavy atom. The van der Waals surface area contributed by atoms with Crippen molar-refractivity contribution >= 4 is 28.6 Å². The molecule has 2 heterocycles. The molecule has 0 radical (unpaired) electrons. The number of rotatable bonds is 5. The molecule has 0 aliphatic rings. The molecule has 2 aromatic heterocycles. The standard InChI is InChI=1S/C11H16ClN5O/c1-6(2)3-7(4-18)15-10-8-9(14-5-13-8)16-11(12)17-10/h5-7,18H,3-4H2,1-2H3,(H2,13,14,15,16,17). The summed E-state index contributed by atoms with van der Waals surface area (Å²) in [6.45, 7) is 4.24. The third-order valence-electron chi connectivity index (χ3n) is 2.58. The fourth-order valence-electron chi connectivity index (χ4n) is 1.85. The van der Waals surface area contributed by atoms with Gasteiger partial charge in [-0.05, 0) is 23.9 Å². The number of aliphatic hydroxyl groups excluding tert-OH is 1. The number of halogens is 1. The maximum Gasteiger partial charge on any atom is 0.226 e. The number of nitrogens with zero attached hydrogens (tertiary/aromatic N) is 3. The number of fused-ring (bicyclic) bond motifs is 1. The van der Waals surface area contributed by atoms with Crippen LogP contribution < -0.4 is 5.32 Å². The zero-order valence-electron chi connectivity index (χ0n) is 10.3. The zero-order chi connectivity index (χ0) is 13.1. The van der Waals surface area contributed by atoms with Gasteiger partial charge in [0, 0.05) is 0 Å². The van der Waals surface area contributed by atoms with E-state index in [9.17, 15) is 5.11 Å². The molecule has 6 nitrogen and oxygen atoms in total. The van der Waals surface area contributed by atoms with E-state index in [4.69, 9.17) is 11.6 Å². The van der Waals surface area contributed by atoms with E-state index < -0.39 is 0 Å². The molecule has 18 heavy (non-hydrogen) atoms. The number of anilines is 1. The first kappa shape index (κ1) is 13.0. The number of aromatic amines is 1. The van der Waals surface area contributed by atoms with Gasteiger partial charge in [-0.1, -0.05) is 13.8 Å². The van der Waals surface area contributed by atoms with Crippen LogP contribution in [0.2, 0.25) is 5.28 Å². The van der Waals surface area contributed by atoms with Crippen molar-refractivity contribution in [2.75, 3.05) is 11.9 Å². The molecule has 0 saturated heterocycles. The van der Waals surface area contributed by atoms with Crippen LogP contribution >= 0.6 is 11.6 Å². The first-order valence-corrected chi connectivity index (χ1v) is 6.22. The molecule has 0 aliphatic heterocycles. The number of H-pyrrole nitrogens is 1. The van der Waals surface area contributed by atoms with Gasteiger partial charge in [0.05, 0.1) is 19.0 Å².